The van der Waals surface area contributed by atoms with Gasteiger partial charge in [-0.15, -0.1) is 0 Å². The van der Waals surface area contributed by atoms with Crippen LogP contribution in [-0.4, -0.2) is 42.0 Å². The van der Waals surface area contributed by atoms with Crippen molar-refractivity contribution < 1.29 is 4.39 Å². The fourth-order valence-electron chi connectivity index (χ4n) is 4.76. The molecule has 0 N–H and O–H groups in total. The van der Waals surface area contributed by atoms with Crippen molar-refractivity contribution in [2.24, 2.45) is 11.8 Å². The average Bonchev–Trinajstić information content (AvgIpc) is 3.13. The summed E-state index contributed by atoms with van der Waals surface area (Å²) in [6.45, 7) is 5.71. The molecule has 0 spiro atoms. The van der Waals surface area contributed by atoms with Gasteiger partial charge in [-0.1, -0.05) is 18.6 Å². The second-order valence-electron chi connectivity index (χ2n) is 7.18. The Kier molecular flexibility index (Phi) is 3.72. The van der Waals surface area contributed by atoms with Crippen molar-refractivity contribution in [2.45, 2.75) is 38.3 Å². The van der Waals surface area contributed by atoms with E-state index < -0.39 is 0 Å². The summed E-state index contributed by atoms with van der Waals surface area (Å²) in [5.41, 5.74) is 1.23. The minimum absolute atomic E-state index is 0.139. The highest BCUT2D eigenvalue weighted by Crippen LogP contribution is 2.46. The van der Waals surface area contributed by atoms with Crippen molar-refractivity contribution in [1.82, 2.24) is 9.80 Å². The minimum atomic E-state index is -0.139. The first-order chi connectivity index (χ1) is 10.3. The SMILES string of the molecule is Fc1ccc(CN2CCN([C@H]3C[C@@H]4CC[C@@H]3C4)CC2)cc1. The molecule has 3 atom stereocenters. The molecule has 0 amide bonds. The van der Waals surface area contributed by atoms with E-state index in [1.165, 1.54) is 44.3 Å². The molecule has 0 unspecified atom stereocenters. The van der Waals surface area contributed by atoms with Crippen molar-refractivity contribution >= 4 is 0 Å². The van der Waals surface area contributed by atoms with Gasteiger partial charge in [-0.2, -0.15) is 0 Å². The molecule has 2 bridgehead atoms. The number of hydrogen-bond acceptors (Lipinski definition) is 2. The molecule has 3 heteroatoms. The minimum Gasteiger partial charge on any atom is -0.298 e. The Morgan fingerprint density at radius 1 is 0.952 bits per heavy atom. The highest BCUT2D eigenvalue weighted by Gasteiger charge is 2.42. The quantitative estimate of drug-likeness (QED) is 0.843. The van der Waals surface area contributed by atoms with Crippen LogP contribution >= 0.6 is 0 Å². The summed E-state index contributed by atoms with van der Waals surface area (Å²) in [7, 11) is 0. The molecule has 3 fully saturated rings. The van der Waals surface area contributed by atoms with Crippen molar-refractivity contribution in [2.75, 3.05) is 26.2 Å². The lowest BCUT2D eigenvalue weighted by Crippen LogP contribution is -2.51. The van der Waals surface area contributed by atoms with E-state index in [2.05, 4.69) is 9.80 Å². The topological polar surface area (TPSA) is 6.48 Å². The van der Waals surface area contributed by atoms with Gasteiger partial charge in [0.05, 0.1) is 0 Å². The molecular weight excluding hydrogens is 263 g/mol. The van der Waals surface area contributed by atoms with Gasteiger partial charge in [-0.25, -0.2) is 4.39 Å². The summed E-state index contributed by atoms with van der Waals surface area (Å²) in [5, 5.41) is 0. The third kappa shape index (κ3) is 2.86. The molecule has 1 saturated heterocycles. The van der Waals surface area contributed by atoms with Gasteiger partial charge in [0.25, 0.3) is 0 Å². The van der Waals surface area contributed by atoms with E-state index in [-0.39, 0.29) is 5.82 Å². The normalized spacial score (nSPS) is 33.7. The molecule has 3 aliphatic rings. The number of halogens is 1. The summed E-state index contributed by atoms with van der Waals surface area (Å²) in [6, 6.07) is 7.86. The molecule has 0 aromatic heterocycles. The summed E-state index contributed by atoms with van der Waals surface area (Å²) in [6.07, 6.45) is 5.93. The van der Waals surface area contributed by atoms with E-state index in [0.717, 1.165) is 37.5 Å². The van der Waals surface area contributed by atoms with Crippen LogP contribution in [0.5, 0.6) is 0 Å². The number of hydrogen-bond donors (Lipinski definition) is 0. The Balaban J connectivity index is 1.29. The Morgan fingerprint density at radius 2 is 1.71 bits per heavy atom. The molecule has 1 heterocycles. The monoisotopic (exact) mass is 288 g/mol. The maximum absolute atomic E-state index is 12.9. The smallest absolute Gasteiger partial charge is 0.123 e. The van der Waals surface area contributed by atoms with Gasteiger partial charge in [0.15, 0.2) is 0 Å². The van der Waals surface area contributed by atoms with E-state index in [1.54, 1.807) is 12.1 Å². The lowest BCUT2D eigenvalue weighted by atomic mass is 9.93. The van der Waals surface area contributed by atoms with Crippen LogP contribution in [0.15, 0.2) is 24.3 Å². The predicted molar refractivity (Wildman–Crippen MR) is 82.5 cm³/mol. The maximum atomic E-state index is 12.9. The van der Waals surface area contributed by atoms with Gasteiger partial charge in [0.2, 0.25) is 0 Å². The second kappa shape index (κ2) is 5.69. The standard InChI is InChI=1S/C18H25FN2/c19-17-5-2-14(3-6-17)13-20-7-9-21(10-8-20)18-12-15-1-4-16(18)11-15/h2-3,5-6,15-16,18H,1,4,7-13H2/t15-,16-,18+/m1/s1. The maximum Gasteiger partial charge on any atom is 0.123 e. The molecule has 2 saturated carbocycles. The van der Waals surface area contributed by atoms with Crippen LogP contribution in [-0.2, 0) is 6.54 Å². The van der Waals surface area contributed by atoms with Crippen molar-refractivity contribution in [1.29, 1.82) is 0 Å². The fraction of sp³-hybridized carbons (Fsp3) is 0.667. The summed E-state index contributed by atoms with van der Waals surface area (Å²) >= 11 is 0. The molecule has 2 nitrogen and oxygen atoms in total. The molecule has 1 aromatic carbocycles. The van der Waals surface area contributed by atoms with E-state index in [0.29, 0.717) is 0 Å². The highest BCUT2D eigenvalue weighted by atomic mass is 19.1. The van der Waals surface area contributed by atoms with E-state index >= 15 is 0 Å². The Hall–Kier alpha value is -0.930. The van der Waals surface area contributed by atoms with Gasteiger partial charge in [0, 0.05) is 38.8 Å². The fourth-order valence-corrected chi connectivity index (χ4v) is 4.76. The molecule has 1 aromatic rings. The van der Waals surface area contributed by atoms with Gasteiger partial charge in [0.1, 0.15) is 5.82 Å². The Labute approximate surface area is 126 Å². The summed E-state index contributed by atoms with van der Waals surface area (Å²) in [4.78, 5) is 5.27. The van der Waals surface area contributed by atoms with Gasteiger partial charge < -0.3 is 0 Å². The molecule has 21 heavy (non-hydrogen) atoms. The van der Waals surface area contributed by atoms with Gasteiger partial charge >= 0.3 is 0 Å². The summed E-state index contributed by atoms with van der Waals surface area (Å²) < 4.78 is 12.9. The molecule has 4 rings (SSSR count). The average molecular weight is 288 g/mol. The van der Waals surface area contributed by atoms with Crippen LogP contribution in [0.4, 0.5) is 4.39 Å². The first kappa shape index (κ1) is 13.7. The molecule has 114 valence electrons. The Morgan fingerprint density at radius 3 is 2.33 bits per heavy atom. The predicted octanol–water partition coefficient (Wildman–Crippen LogP) is 3.13. The zero-order valence-electron chi connectivity index (χ0n) is 12.7. The van der Waals surface area contributed by atoms with E-state index in [1.807, 2.05) is 12.1 Å². The summed E-state index contributed by atoms with van der Waals surface area (Å²) in [5.74, 6) is 1.90. The van der Waals surface area contributed by atoms with E-state index in [4.69, 9.17) is 0 Å². The molecule has 0 radical (unpaired) electrons. The van der Waals surface area contributed by atoms with Gasteiger partial charge in [-0.3, -0.25) is 9.80 Å². The highest BCUT2D eigenvalue weighted by molar-refractivity contribution is 5.16. The lowest BCUT2D eigenvalue weighted by molar-refractivity contribution is 0.0679. The second-order valence-corrected chi connectivity index (χ2v) is 7.18. The molecule has 2 aliphatic carbocycles. The third-order valence-corrected chi connectivity index (χ3v) is 5.90. The van der Waals surface area contributed by atoms with Crippen LogP contribution < -0.4 is 0 Å². The number of rotatable bonds is 3. The van der Waals surface area contributed by atoms with Crippen LogP contribution in [0.1, 0.15) is 31.2 Å². The van der Waals surface area contributed by atoms with Crippen molar-refractivity contribution in [3.63, 3.8) is 0 Å². The number of piperazine rings is 1. The first-order valence-electron chi connectivity index (χ1n) is 8.49. The number of benzene rings is 1. The third-order valence-electron chi connectivity index (χ3n) is 5.90. The van der Waals surface area contributed by atoms with Crippen molar-refractivity contribution in [3.8, 4) is 0 Å². The van der Waals surface area contributed by atoms with Crippen LogP contribution in [0.3, 0.4) is 0 Å². The van der Waals surface area contributed by atoms with Crippen LogP contribution in [0.2, 0.25) is 0 Å². The molecular formula is C18H25FN2. The Bertz CT molecular complexity index is 478. The zero-order valence-corrected chi connectivity index (χ0v) is 12.7. The van der Waals surface area contributed by atoms with Gasteiger partial charge in [-0.05, 0) is 48.8 Å². The van der Waals surface area contributed by atoms with Crippen molar-refractivity contribution in [3.05, 3.63) is 35.6 Å². The number of nitrogens with zero attached hydrogens (tertiary/aromatic N) is 2. The first-order valence-corrected chi connectivity index (χ1v) is 8.49. The van der Waals surface area contributed by atoms with Crippen LogP contribution in [0.25, 0.3) is 0 Å². The van der Waals surface area contributed by atoms with E-state index in [9.17, 15) is 4.39 Å². The largest absolute Gasteiger partial charge is 0.298 e. The number of fused-ring (bicyclic) bond motifs is 2. The molecule has 1 aliphatic heterocycles. The zero-order chi connectivity index (χ0) is 14.2. The lowest BCUT2D eigenvalue weighted by Gasteiger charge is -2.41. The van der Waals surface area contributed by atoms with Crippen LogP contribution in [0, 0.1) is 17.7 Å².